The molecule has 1 saturated carbocycles. The molecule has 1 aromatic rings. The Morgan fingerprint density at radius 2 is 2.42 bits per heavy atom. The molecule has 0 radical (unpaired) electrons. The molecule has 1 aliphatic rings. The first-order valence-corrected chi connectivity index (χ1v) is 4.99. The second-order valence-electron chi connectivity index (χ2n) is 3.26. The largest absolute Gasteiger partial charge is 0.327 e. The van der Waals surface area contributed by atoms with Gasteiger partial charge in [-0.1, -0.05) is 5.57 Å². The zero-order valence-electron chi connectivity index (χ0n) is 7.08. The molecule has 0 saturated heterocycles. The quantitative estimate of drug-likeness (QED) is 0.717. The van der Waals surface area contributed by atoms with Gasteiger partial charge in [0.25, 0.3) is 0 Å². The first kappa shape index (κ1) is 7.95. The summed E-state index contributed by atoms with van der Waals surface area (Å²) in [5.41, 5.74) is 8.20. The van der Waals surface area contributed by atoms with E-state index in [-0.39, 0.29) is 0 Å². The molecule has 2 rings (SSSR count). The van der Waals surface area contributed by atoms with Crippen LogP contribution in [0.3, 0.4) is 0 Å². The van der Waals surface area contributed by atoms with E-state index in [1.807, 2.05) is 6.92 Å². The van der Waals surface area contributed by atoms with Crippen LogP contribution in [-0.2, 0) is 0 Å². The minimum atomic E-state index is 0.399. The number of nitrogens with two attached hydrogens (primary N) is 1. The van der Waals surface area contributed by atoms with Crippen molar-refractivity contribution in [2.24, 2.45) is 5.73 Å². The standard InChI is InChI=1S/C9H12N2S/c1-6-11-9(5-12-6)4-7-2-8(10)3-7/h4-5,8H,2-3,10H2,1H3. The van der Waals surface area contributed by atoms with E-state index in [0.717, 1.165) is 23.5 Å². The van der Waals surface area contributed by atoms with E-state index in [1.165, 1.54) is 5.57 Å². The summed E-state index contributed by atoms with van der Waals surface area (Å²) in [7, 11) is 0. The van der Waals surface area contributed by atoms with Crippen molar-refractivity contribution < 1.29 is 0 Å². The van der Waals surface area contributed by atoms with Gasteiger partial charge in [-0.2, -0.15) is 0 Å². The third kappa shape index (κ3) is 1.57. The number of rotatable bonds is 1. The van der Waals surface area contributed by atoms with Gasteiger partial charge >= 0.3 is 0 Å². The van der Waals surface area contributed by atoms with Crippen molar-refractivity contribution in [1.29, 1.82) is 0 Å². The first-order chi connectivity index (χ1) is 5.74. The van der Waals surface area contributed by atoms with Gasteiger partial charge in [0.1, 0.15) is 0 Å². The lowest BCUT2D eigenvalue weighted by molar-refractivity contribution is 0.547. The number of thiazole rings is 1. The highest BCUT2D eigenvalue weighted by atomic mass is 32.1. The van der Waals surface area contributed by atoms with Crippen molar-refractivity contribution in [3.05, 3.63) is 21.7 Å². The van der Waals surface area contributed by atoms with Gasteiger partial charge < -0.3 is 5.73 Å². The summed E-state index contributed by atoms with van der Waals surface area (Å²) < 4.78 is 0. The van der Waals surface area contributed by atoms with Gasteiger partial charge in [-0.3, -0.25) is 0 Å². The lowest BCUT2D eigenvalue weighted by Crippen LogP contribution is -2.29. The molecule has 0 bridgehead atoms. The molecule has 1 fully saturated rings. The van der Waals surface area contributed by atoms with Crippen LogP contribution in [0.2, 0.25) is 0 Å². The Bertz CT molecular complexity index is 306. The lowest BCUT2D eigenvalue weighted by atomic mass is 9.87. The predicted octanol–water partition coefficient (Wildman–Crippen LogP) is 1.96. The van der Waals surface area contributed by atoms with Crippen molar-refractivity contribution in [2.75, 3.05) is 0 Å². The molecule has 3 heteroatoms. The molecule has 2 N–H and O–H groups in total. The SMILES string of the molecule is Cc1nc(C=C2CC(N)C2)cs1. The smallest absolute Gasteiger partial charge is 0.0901 e. The highest BCUT2D eigenvalue weighted by Crippen LogP contribution is 2.26. The second kappa shape index (κ2) is 2.99. The van der Waals surface area contributed by atoms with Gasteiger partial charge in [0.05, 0.1) is 10.7 Å². The van der Waals surface area contributed by atoms with Gasteiger partial charge in [0, 0.05) is 11.4 Å². The molecule has 1 aromatic heterocycles. The molecule has 64 valence electrons. The van der Waals surface area contributed by atoms with E-state index >= 15 is 0 Å². The van der Waals surface area contributed by atoms with E-state index in [2.05, 4.69) is 16.4 Å². The summed E-state index contributed by atoms with van der Waals surface area (Å²) in [6, 6.07) is 0.399. The molecule has 0 aliphatic heterocycles. The Kier molecular flexibility index (Phi) is 1.98. The van der Waals surface area contributed by atoms with Gasteiger partial charge in [-0.25, -0.2) is 4.98 Å². The van der Waals surface area contributed by atoms with Crippen LogP contribution in [0.5, 0.6) is 0 Å². The average Bonchev–Trinajstić information content (AvgIpc) is 2.33. The number of aryl methyl sites for hydroxylation is 1. The van der Waals surface area contributed by atoms with Gasteiger partial charge in [0.15, 0.2) is 0 Å². The second-order valence-corrected chi connectivity index (χ2v) is 4.32. The van der Waals surface area contributed by atoms with E-state index < -0.39 is 0 Å². The Balaban J connectivity index is 2.08. The van der Waals surface area contributed by atoms with Crippen molar-refractivity contribution in [3.63, 3.8) is 0 Å². The molecule has 0 spiro atoms. The maximum Gasteiger partial charge on any atom is 0.0901 e. The Morgan fingerprint density at radius 3 is 2.92 bits per heavy atom. The fraction of sp³-hybridized carbons (Fsp3) is 0.444. The number of hydrogen-bond acceptors (Lipinski definition) is 3. The molecular formula is C9H12N2S. The molecule has 12 heavy (non-hydrogen) atoms. The molecule has 0 amide bonds. The van der Waals surface area contributed by atoms with Gasteiger partial charge in [0.2, 0.25) is 0 Å². The van der Waals surface area contributed by atoms with Crippen LogP contribution in [0.25, 0.3) is 6.08 Å². The van der Waals surface area contributed by atoms with Crippen LogP contribution in [0.1, 0.15) is 23.5 Å². The van der Waals surface area contributed by atoms with E-state index in [1.54, 1.807) is 11.3 Å². The number of hydrogen-bond donors (Lipinski definition) is 1. The van der Waals surface area contributed by atoms with Crippen LogP contribution in [0.4, 0.5) is 0 Å². The predicted molar refractivity (Wildman–Crippen MR) is 52.0 cm³/mol. The Labute approximate surface area is 76.1 Å². The molecule has 1 aliphatic carbocycles. The normalized spacial score (nSPS) is 22.2. The third-order valence-corrected chi connectivity index (χ3v) is 2.83. The monoisotopic (exact) mass is 180 g/mol. The molecule has 0 atom stereocenters. The minimum absolute atomic E-state index is 0.399. The van der Waals surface area contributed by atoms with Crippen molar-refractivity contribution in [1.82, 2.24) is 4.98 Å². The fourth-order valence-electron chi connectivity index (χ4n) is 1.39. The molecule has 2 nitrogen and oxygen atoms in total. The average molecular weight is 180 g/mol. The molecule has 1 heterocycles. The van der Waals surface area contributed by atoms with Crippen LogP contribution in [-0.4, -0.2) is 11.0 Å². The molecule has 0 unspecified atom stereocenters. The highest BCUT2D eigenvalue weighted by molar-refractivity contribution is 7.09. The minimum Gasteiger partial charge on any atom is -0.327 e. The van der Waals surface area contributed by atoms with Crippen LogP contribution < -0.4 is 5.73 Å². The van der Waals surface area contributed by atoms with Crippen LogP contribution in [0.15, 0.2) is 11.0 Å². The highest BCUT2D eigenvalue weighted by Gasteiger charge is 2.18. The summed E-state index contributed by atoms with van der Waals surface area (Å²) >= 11 is 1.69. The van der Waals surface area contributed by atoms with Gasteiger partial charge in [-0.05, 0) is 25.8 Å². The zero-order chi connectivity index (χ0) is 8.55. The zero-order valence-corrected chi connectivity index (χ0v) is 7.90. The van der Waals surface area contributed by atoms with Crippen LogP contribution in [0, 0.1) is 6.92 Å². The number of nitrogens with zero attached hydrogens (tertiary/aromatic N) is 1. The first-order valence-electron chi connectivity index (χ1n) is 4.11. The van der Waals surface area contributed by atoms with E-state index in [9.17, 15) is 0 Å². The summed E-state index contributed by atoms with van der Waals surface area (Å²) in [5, 5.41) is 3.22. The molecular weight excluding hydrogens is 168 g/mol. The summed E-state index contributed by atoms with van der Waals surface area (Å²) in [6.45, 7) is 2.03. The lowest BCUT2D eigenvalue weighted by Gasteiger charge is -2.24. The Morgan fingerprint density at radius 1 is 1.67 bits per heavy atom. The summed E-state index contributed by atoms with van der Waals surface area (Å²) in [4.78, 5) is 4.36. The van der Waals surface area contributed by atoms with Gasteiger partial charge in [-0.15, -0.1) is 11.3 Å². The van der Waals surface area contributed by atoms with Crippen molar-refractivity contribution >= 4 is 17.4 Å². The van der Waals surface area contributed by atoms with Crippen LogP contribution >= 0.6 is 11.3 Å². The maximum atomic E-state index is 5.67. The fourth-order valence-corrected chi connectivity index (χ4v) is 1.96. The van der Waals surface area contributed by atoms with Crippen molar-refractivity contribution in [3.8, 4) is 0 Å². The third-order valence-electron chi connectivity index (χ3n) is 2.04. The summed E-state index contributed by atoms with van der Waals surface area (Å²) in [6.07, 6.45) is 4.26. The maximum absolute atomic E-state index is 5.67. The number of aromatic nitrogens is 1. The topological polar surface area (TPSA) is 38.9 Å². The van der Waals surface area contributed by atoms with E-state index in [0.29, 0.717) is 6.04 Å². The summed E-state index contributed by atoms with van der Waals surface area (Å²) in [5.74, 6) is 0. The molecule has 0 aromatic carbocycles. The Hall–Kier alpha value is -0.670. The van der Waals surface area contributed by atoms with E-state index in [4.69, 9.17) is 5.73 Å². The van der Waals surface area contributed by atoms with Crippen molar-refractivity contribution in [2.45, 2.75) is 25.8 Å².